The summed E-state index contributed by atoms with van der Waals surface area (Å²) in [5.74, 6) is -0.250. The van der Waals surface area contributed by atoms with Crippen molar-refractivity contribution in [3.8, 4) is 0 Å². The highest BCUT2D eigenvalue weighted by Crippen LogP contribution is 1.86. The summed E-state index contributed by atoms with van der Waals surface area (Å²) < 4.78 is 0. The molecule has 5 heteroatoms. The van der Waals surface area contributed by atoms with Gasteiger partial charge in [0.15, 0.2) is 0 Å². The van der Waals surface area contributed by atoms with Crippen molar-refractivity contribution in [1.29, 1.82) is 0 Å². The van der Waals surface area contributed by atoms with Gasteiger partial charge in [-0.05, 0) is 13.8 Å². The molecule has 0 aliphatic heterocycles. The van der Waals surface area contributed by atoms with Gasteiger partial charge in [-0.15, -0.1) is 0 Å². The van der Waals surface area contributed by atoms with Crippen LogP contribution in [0.5, 0.6) is 0 Å². The normalized spacial score (nSPS) is 12.3. The van der Waals surface area contributed by atoms with Gasteiger partial charge in [-0.3, -0.25) is 9.59 Å². The van der Waals surface area contributed by atoms with Crippen LogP contribution in [-0.2, 0) is 9.59 Å². The molecule has 2 amide bonds. The molecule has 0 saturated heterocycles. The van der Waals surface area contributed by atoms with E-state index in [9.17, 15) is 9.59 Å². The number of amides is 2. The van der Waals surface area contributed by atoms with E-state index in [1.54, 1.807) is 6.92 Å². The average Bonchev–Trinajstić information content (AvgIpc) is 2.17. The van der Waals surface area contributed by atoms with Gasteiger partial charge in [-0.25, -0.2) is 0 Å². The summed E-state index contributed by atoms with van der Waals surface area (Å²) in [6, 6.07) is -0.0971. The highest BCUT2D eigenvalue weighted by atomic mass is 16.2. The Bertz CT molecular complexity index is 229. The SMILES string of the molecule is CCNC(=O)C(C)NC(=O)CCNC(C)C. The monoisotopic (exact) mass is 229 g/mol. The molecule has 0 saturated carbocycles. The van der Waals surface area contributed by atoms with Crippen molar-refractivity contribution in [2.75, 3.05) is 13.1 Å². The van der Waals surface area contributed by atoms with Crippen molar-refractivity contribution in [3.05, 3.63) is 0 Å². The van der Waals surface area contributed by atoms with E-state index >= 15 is 0 Å². The van der Waals surface area contributed by atoms with E-state index in [1.165, 1.54) is 0 Å². The molecular formula is C11H23N3O2. The van der Waals surface area contributed by atoms with Crippen LogP contribution in [-0.4, -0.2) is 37.0 Å². The Morgan fingerprint density at radius 1 is 1.19 bits per heavy atom. The molecule has 5 nitrogen and oxygen atoms in total. The molecule has 0 aliphatic carbocycles. The maximum Gasteiger partial charge on any atom is 0.242 e. The van der Waals surface area contributed by atoms with Gasteiger partial charge in [0.05, 0.1) is 0 Å². The first-order valence-electron chi connectivity index (χ1n) is 5.77. The van der Waals surface area contributed by atoms with Gasteiger partial charge in [-0.2, -0.15) is 0 Å². The largest absolute Gasteiger partial charge is 0.355 e. The Morgan fingerprint density at radius 2 is 1.81 bits per heavy atom. The minimum absolute atomic E-state index is 0.105. The predicted octanol–water partition coefficient (Wildman–Crippen LogP) is 0.0153. The van der Waals surface area contributed by atoms with E-state index in [-0.39, 0.29) is 11.8 Å². The lowest BCUT2D eigenvalue weighted by Gasteiger charge is -2.14. The number of hydrogen-bond donors (Lipinski definition) is 3. The van der Waals surface area contributed by atoms with Crippen molar-refractivity contribution in [1.82, 2.24) is 16.0 Å². The van der Waals surface area contributed by atoms with Gasteiger partial charge in [0, 0.05) is 25.6 Å². The number of rotatable bonds is 7. The molecule has 0 fully saturated rings. The summed E-state index contributed by atoms with van der Waals surface area (Å²) in [5, 5.41) is 8.45. The standard InChI is InChI=1S/C11H23N3O2/c1-5-12-11(16)9(4)14-10(15)6-7-13-8(2)3/h8-9,13H,5-7H2,1-4H3,(H,12,16)(H,14,15). The summed E-state index contributed by atoms with van der Waals surface area (Å²) in [5.41, 5.74) is 0. The Morgan fingerprint density at radius 3 is 2.31 bits per heavy atom. The highest BCUT2D eigenvalue weighted by Gasteiger charge is 2.13. The lowest BCUT2D eigenvalue weighted by molar-refractivity contribution is -0.128. The van der Waals surface area contributed by atoms with Gasteiger partial charge in [-0.1, -0.05) is 13.8 Å². The van der Waals surface area contributed by atoms with E-state index in [0.717, 1.165) is 0 Å². The summed E-state index contributed by atoms with van der Waals surface area (Å²) in [4.78, 5) is 22.7. The maximum atomic E-state index is 11.4. The molecule has 0 aromatic carbocycles. The molecule has 0 spiro atoms. The third kappa shape index (κ3) is 7.23. The number of hydrogen-bond acceptors (Lipinski definition) is 3. The van der Waals surface area contributed by atoms with Gasteiger partial charge in [0.1, 0.15) is 6.04 Å². The summed E-state index contributed by atoms with van der Waals surface area (Å²) >= 11 is 0. The van der Waals surface area contributed by atoms with Gasteiger partial charge < -0.3 is 16.0 Å². The summed E-state index contributed by atoms with van der Waals surface area (Å²) in [6.45, 7) is 8.78. The Hall–Kier alpha value is -1.10. The van der Waals surface area contributed by atoms with Gasteiger partial charge in [0.25, 0.3) is 0 Å². The summed E-state index contributed by atoms with van der Waals surface area (Å²) in [6.07, 6.45) is 0.391. The van der Waals surface area contributed by atoms with Gasteiger partial charge >= 0.3 is 0 Å². The number of carbonyl (C=O) groups is 2. The second kappa shape index (κ2) is 8.10. The lowest BCUT2D eigenvalue weighted by Crippen LogP contribution is -2.45. The zero-order chi connectivity index (χ0) is 12.6. The molecule has 0 rings (SSSR count). The van der Waals surface area contributed by atoms with Crippen LogP contribution in [0.3, 0.4) is 0 Å². The minimum Gasteiger partial charge on any atom is -0.355 e. The minimum atomic E-state index is -0.466. The van der Waals surface area contributed by atoms with Crippen molar-refractivity contribution in [3.63, 3.8) is 0 Å². The quantitative estimate of drug-likeness (QED) is 0.576. The third-order valence-electron chi connectivity index (χ3n) is 2.03. The topological polar surface area (TPSA) is 70.2 Å². The van der Waals surface area contributed by atoms with Crippen LogP contribution in [0.2, 0.25) is 0 Å². The lowest BCUT2D eigenvalue weighted by atomic mass is 10.3. The van der Waals surface area contributed by atoms with Crippen molar-refractivity contribution >= 4 is 11.8 Å². The first-order chi connectivity index (χ1) is 7.47. The molecule has 0 radical (unpaired) electrons. The molecule has 0 aromatic heterocycles. The second-order valence-corrected chi connectivity index (χ2v) is 4.04. The fraction of sp³-hybridized carbons (Fsp3) is 0.818. The number of nitrogens with one attached hydrogen (secondary N) is 3. The number of likely N-dealkylation sites (N-methyl/N-ethyl adjacent to an activating group) is 1. The van der Waals surface area contributed by atoms with Crippen LogP contribution in [0.1, 0.15) is 34.1 Å². The summed E-state index contributed by atoms with van der Waals surface area (Å²) in [7, 11) is 0. The van der Waals surface area contributed by atoms with Crippen molar-refractivity contribution < 1.29 is 9.59 Å². The first-order valence-corrected chi connectivity index (χ1v) is 5.77. The van der Waals surface area contributed by atoms with Crippen LogP contribution in [0.25, 0.3) is 0 Å². The first kappa shape index (κ1) is 14.9. The molecule has 94 valence electrons. The van der Waals surface area contributed by atoms with Crippen LogP contribution in [0, 0.1) is 0 Å². The zero-order valence-electron chi connectivity index (χ0n) is 10.6. The van der Waals surface area contributed by atoms with E-state index in [4.69, 9.17) is 0 Å². The highest BCUT2D eigenvalue weighted by molar-refractivity contribution is 5.87. The fourth-order valence-corrected chi connectivity index (χ4v) is 1.18. The number of carbonyl (C=O) groups excluding carboxylic acids is 2. The van der Waals surface area contributed by atoms with Crippen LogP contribution < -0.4 is 16.0 Å². The average molecular weight is 229 g/mol. The van der Waals surface area contributed by atoms with E-state index in [0.29, 0.717) is 25.6 Å². The second-order valence-electron chi connectivity index (χ2n) is 4.04. The van der Waals surface area contributed by atoms with Crippen LogP contribution in [0.15, 0.2) is 0 Å². The smallest absolute Gasteiger partial charge is 0.242 e. The Kier molecular flexibility index (Phi) is 7.54. The molecule has 1 atom stereocenters. The van der Waals surface area contributed by atoms with Crippen LogP contribution in [0.4, 0.5) is 0 Å². The fourth-order valence-electron chi connectivity index (χ4n) is 1.18. The predicted molar refractivity (Wildman–Crippen MR) is 64.0 cm³/mol. The molecule has 0 aliphatic rings. The van der Waals surface area contributed by atoms with Gasteiger partial charge in [0.2, 0.25) is 11.8 Å². The molecule has 1 unspecified atom stereocenters. The van der Waals surface area contributed by atoms with E-state index in [1.807, 2.05) is 20.8 Å². The molecule has 0 aromatic rings. The van der Waals surface area contributed by atoms with Crippen molar-refractivity contribution in [2.24, 2.45) is 0 Å². The molecule has 0 heterocycles. The molecule has 3 N–H and O–H groups in total. The zero-order valence-corrected chi connectivity index (χ0v) is 10.6. The van der Waals surface area contributed by atoms with Crippen LogP contribution >= 0.6 is 0 Å². The maximum absolute atomic E-state index is 11.4. The van der Waals surface area contributed by atoms with Crippen molar-refractivity contribution in [2.45, 2.75) is 46.2 Å². The molecular weight excluding hydrogens is 206 g/mol. The Labute approximate surface area is 97.4 Å². The molecule has 0 bridgehead atoms. The van der Waals surface area contributed by atoms with E-state index < -0.39 is 6.04 Å². The van der Waals surface area contributed by atoms with E-state index in [2.05, 4.69) is 16.0 Å². The molecule has 16 heavy (non-hydrogen) atoms. The third-order valence-corrected chi connectivity index (χ3v) is 2.03. The Balaban J connectivity index is 3.74.